The molecule has 0 saturated carbocycles. The van der Waals surface area contributed by atoms with Gasteiger partial charge in [-0.2, -0.15) is 4.57 Å². The number of pyridine rings is 2. The van der Waals surface area contributed by atoms with Crippen molar-refractivity contribution in [3.8, 4) is 11.3 Å². The predicted octanol–water partition coefficient (Wildman–Crippen LogP) is 8.69. The van der Waals surface area contributed by atoms with Crippen LogP contribution in [0.5, 0.6) is 0 Å². The van der Waals surface area contributed by atoms with E-state index in [1.807, 2.05) is 19.1 Å². The van der Waals surface area contributed by atoms with E-state index in [9.17, 15) is 0 Å². The first kappa shape index (κ1) is 27.7. The van der Waals surface area contributed by atoms with Crippen molar-refractivity contribution in [2.24, 2.45) is 4.99 Å². The van der Waals surface area contributed by atoms with Gasteiger partial charge in [-0.1, -0.05) is 77.0 Å². The normalized spacial score (nSPS) is 19.5. The molecule has 2 unspecified atom stereocenters. The van der Waals surface area contributed by atoms with Crippen molar-refractivity contribution in [2.45, 2.75) is 71.1 Å². The minimum Gasteiger partial charge on any atom is -0.437 e. The van der Waals surface area contributed by atoms with Crippen LogP contribution in [0.2, 0.25) is 19.6 Å². The van der Waals surface area contributed by atoms with Crippen LogP contribution in [0.4, 0.5) is 0 Å². The predicted molar refractivity (Wildman–Crippen MR) is 181 cm³/mol. The number of allylic oxidation sites excluding steroid dienone is 2. The summed E-state index contributed by atoms with van der Waals surface area (Å²) in [5.41, 5.74) is 11.8. The average Bonchev–Trinajstić information content (AvgIpc) is 3.36. The largest absolute Gasteiger partial charge is 0.437 e. The molecule has 5 heterocycles. The molecular weight excluding hydrogens is 543 g/mol. The Kier molecular flexibility index (Phi) is 6.44. The van der Waals surface area contributed by atoms with Crippen LogP contribution in [0.15, 0.2) is 95.1 Å². The third-order valence-corrected chi connectivity index (χ3v) is 11.4. The smallest absolute Gasteiger partial charge is 0.227 e. The van der Waals surface area contributed by atoms with Gasteiger partial charge >= 0.3 is 0 Å². The zero-order valence-electron chi connectivity index (χ0n) is 26.2. The van der Waals surface area contributed by atoms with Crippen molar-refractivity contribution in [1.29, 1.82) is 0 Å². The van der Waals surface area contributed by atoms with Gasteiger partial charge in [0.05, 0.1) is 19.7 Å². The fraction of sp³-hybridized carbons (Fsp3) is 0.289. The Morgan fingerprint density at radius 3 is 2.56 bits per heavy atom. The molecule has 0 N–H and O–H groups in total. The Labute approximate surface area is 255 Å². The van der Waals surface area contributed by atoms with Crippen LogP contribution in [0.3, 0.4) is 0 Å². The number of aliphatic imine (C=N–C) groups is 1. The summed E-state index contributed by atoms with van der Waals surface area (Å²) >= 11 is 0. The summed E-state index contributed by atoms with van der Waals surface area (Å²) in [7, 11) is -1.65. The molecule has 0 spiro atoms. The number of nitrogens with zero attached hydrogens (tertiary/aromatic N) is 3. The molecule has 0 fully saturated rings. The number of hydrogen-bond donors (Lipinski definition) is 0. The SMILES string of the molecule is C=C/C1=N/C(=C)C2C(CCc3ccc4c(oc5nc(C)ccc54)c31)c1ccccc1-c1cc(C(C)C)c([Si](C)(C)C)c[n+]12. The summed E-state index contributed by atoms with van der Waals surface area (Å²) in [4.78, 5) is 10.0. The molecule has 2 aromatic carbocycles. The monoisotopic (exact) mass is 582 g/mol. The van der Waals surface area contributed by atoms with Crippen molar-refractivity contribution in [3.05, 3.63) is 114 Å². The quantitative estimate of drug-likeness (QED) is 0.158. The number of hydrogen-bond acceptors (Lipinski definition) is 3. The van der Waals surface area contributed by atoms with Gasteiger partial charge in [0.2, 0.25) is 17.4 Å². The Morgan fingerprint density at radius 1 is 1.05 bits per heavy atom. The molecule has 3 aromatic heterocycles. The van der Waals surface area contributed by atoms with E-state index >= 15 is 0 Å². The molecule has 7 rings (SSSR count). The first-order valence-corrected chi connectivity index (χ1v) is 19.0. The lowest BCUT2D eigenvalue weighted by molar-refractivity contribution is -0.708. The van der Waals surface area contributed by atoms with E-state index in [1.165, 1.54) is 33.1 Å². The molecule has 5 heteroatoms. The third-order valence-electron chi connectivity index (χ3n) is 9.41. The number of aryl methyl sites for hydroxylation is 2. The topological polar surface area (TPSA) is 42.3 Å². The van der Waals surface area contributed by atoms with Crippen LogP contribution in [0, 0.1) is 6.92 Å². The Bertz CT molecular complexity index is 2010. The molecule has 4 nitrogen and oxygen atoms in total. The van der Waals surface area contributed by atoms with Crippen molar-refractivity contribution in [3.63, 3.8) is 0 Å². The lowest BCUT2D eigenvalue weighted by Crippen LogP contribution is -2.54. The third kappa shape index (κ3) is 4.36. The van der Waals surface area contributed by atoms with E-state index in [4.69, 9.17) is 14.4 Å². The first-order valence-electron chi connectivity index (χ1n) is 15.5. The van der Waals surface area contributed by atoms with Gasteiger partial charge in [-0.15, -0.1) is 0 Å². The van der Waals surface area contributed by atoms with Crippen LogP contribution in [0.25, 0.3) is 33.3 Å². The van der Waals surface area contributed by atoms with Gasteiger partial charge in [-0.3, -0.25) is 0 Å². The molecule has 5 aromatic rings. The summed E-state index contributed by atoms with van der Waals surface area (Å²) in [5.74, 6) is 0.683. The molecular formula is C38H40N3OSi+. The Balaban J connectivity index is 1.49. The lowest BCUT2D eigenvalue weighted by Gasteiger charge is -2.32. The van der Waals surface area contributed by atoms with Gasteiger partial charge in [0.25, 0.3) is 0 Å². The standard InChI is InChI=1S/C38H40N3OSi/c1-9-32-35-25(16-19-29-30-17-14-23(4)39-38(30)42-37(29)35)15-18-28-26-12-10-11-13-27(26)33-20-31(22(2)3)34(43(6,7)8)21-41(33)36(28)24(5)40-32/h9-14,16-17,19-22,28,36H,1,5,15,18H2,2-4,6-8H3/q+1/b40-32-. The molecule has 0 radical (unpaired) electrons. The summed E-state index contributed by atoms with van der Waals surface area (Å²) in [6, 6.07) is 20.0. The number of rotatable bonds is 3. The highest BCUT2D eigenvalue weighted by Gasteiger charge is 2.44. The van der Waals surface area contributed by atoms with Gasteiger partial charge in [-0.25, -0.2) is 9.98 Å². The number of furan rings is 1. The highest BCUT2D eigenvalue weighted by atomic mass is 28.3. The van der Waals surface area contributed by atoms with E-state index in [0.29, 0.717) is 11.6 Å². The van der Waals surface area contributed by atoms with E-state index in [2.05, 4.69) is 106 Å². The molecule has 2 aliphatic rings. The molecule has 0 saturated heterocycles. The zero-order chi connectivity index (χ0) is 30.2. The molecule has 0 bridgehead atoms. The second-order valence-electron chi connectivity index (χ2n) is 13.6. The van der Waals surface area contributed by atoms with Gasteiger partial charge < -0.3 is 4.42 Å². The summed E-state index contributed by atoms with van der Waals surface area (Å²) < 4.78 is 9.00. The minimum absolute atomic E-state index is 0.000884. The molecule has 216 valence electrons. The first-order chi connectivity index (χ1) is 20.6. The van der Waals surface area contributed by atoms with Crippen LogP contribution in [-0.4, -0.2) is 18.8 Å². The molecule has 0 amide bonds. The van der Waals surface area contributed by atoms with E-state index in [-0.39, 0.29) is 12.0 Å². The Morgan fingerprint density at radius 2 is 1.81 bits per heavy atom. The molecule has 2 aliphatic heterocycles. The van der Waals surface area contributed by atoms with Crippen molar-refractivity contribution >= 4 is 41.0 Å². The second kappa shape index (κ2) is 9.99. The van der Waals surface area contributed by atoms with Crippen LogP contribution in [0.1, 0.15) is 66.1 Å². The second-order valence-corrected chi connectivity index (χ2v) is 18.6. The lowest BCUT2D eigenvalue weighted by atomic mass is 9.78. The van der Waals surface area contributed by atoms with Gasteiger partial charge in [-0.05, 0) is 66.6 Å². The van der Waals surface area contributed by atoms with E-state index in [0.717, 1.165) is 51.9 Å². The average molecular weight is 583 g/mol. The van der Waals surface area contributed by atoms with E-state index < -0.39 is 8.07 Å². The maximum absolute atomic E-state index is 6.49. The molecule has 2 atom stereocenters. The maximum atomic E-state index is 6.49. The summed E-state index contributed by atoms with van der Waals surface area (Å²) in [6.45, 7) is 22.9. The minimum atomic E-state index is -1.65. The van der Waals surface area contributed by atoms with Gasteiger partial charge in [0, 0.05) is 38.8 Å². The van der Waals surface area contributed by atoms with Crippen LogP contribution in [-0.2, 0) is 6.42 Å². The molecule has 0 aliphatic carbocycles. The molecule has 43 heavy (non-hydrogen) atoms. The van der Waals surface area contributed by atoms with Gasteiger partial charge in [0.1, 0.15) is 11.3 Å². The fourth-order valence-corrected chi connectivity index (χ4v) is 9.09. The summed E-state index contributed by atoms with van der Waals surface area (Å²) in [5, 5.41) is 3.60. The summed E-state index contributed by atoms with van der Waals surface area (Å²) in [6.07, 6.45) is 6.20. The van der Waals surface area contributed by atoms with Crippen LogP contribution >= 0.6 is 0 Å². The number of fused-ring (bicyclic) bond motifs is 11. The van der Waals surface area contributed by atoms with E-state index in [1.54, 1.807) is 0 Å². The van der Waals surface area contributed by atoms with Crippen molar-refractivity contribution in [1.82, 2.24) is 4.98 Å². The zero-order valence-corrected chi connectivity index (χ0v) is 27.2. The number of benzene rings is 2. The van der Waals surface area contributed by atoms with Crippen molar-refractivity contribution < 1.29 is 8.98 Å². The maximum Gasteiger partial charge on any atom is 0.227 e. The fourth-order valence-electron chi connectivity index (χ4n) is 7.34. The Hall–Kier alpha value is -4.09. The van der Waals surface area contributed by atoms with Crippen LogP contribution < -0.4 is 9.75 Å². The highest BCUT2D eigenvalue weighted by molar-refractivity contribution is 6.89. The van der Waals surface area contributed by atoms with Gasteiger partial charge in [0.15, 0.2) is 6.20 Å². The highest BCUT2D eigenvalue weighted by Crippen LogP contribution is 2.45. The number of aromatic nitrogens is 2. The van der Waals surface area contributed by atoms with Crippen molar-refractivity contribution in [2.75, 3.05) is 0 Å².